The summed E-state index contributed by atoms with van der Waals surface area (Å²) in [5.74, 6) is 0.912. The third kappa shape index (κ3) is 6.34. The summed E-state index contributed by atoms with van der Waals surface area (Å²) in [5, 5.41) is 12.1. The number of rotatable bonds is 8. The second kappa shape index (κ2) is 9.86. The van der Waals surface area contributed by atoms with E-state index in [0.717, 1.165) is 16.8 Å². The largest absolute Gasteiger partial charge is 0.444 e. The number of pyridine rings is 1. The molecule has 172 valence electrons. The molecule has 2 heterocycles. The van der Waals surface area contributed by atoms with Gasteiger partial charge in [-0.15, -0.1) is 0 Å². The Morgan fingerprint density at radius 1 is 1.28 bits per heavy atom. The van der Waals surface area contributed by atoms with E-state index in [-0.39, 0.29) is 11.9 Å². The number of hydrogen-bond acceptors (Lipinski definition) is 7. The number of amides is 2. The summed E-state index contributed by atoms with van der Waals surface area (Å²) in [5.41, 5.74) is 2.75. The number of anilines is 3. The van der Waals surface area contributed by atoms with Crippen LogP contribution >= 0.6 is 0 Å². The maximum atomic E-state index is 12.4. The fourth-order valence-electron chi connectivity index (χ4n) is 3.35. The van der Waals surface area contributed by atoms with Gasteiger partial charge in [-0.05, 0) is 57.0 Å². The molecule has 9 nitrogen and oxygen atoms in total. The number of hydrogen-bond donors (Lipinski definition) is 4. The van der Waals surface area contributed by atoms with Gasteiger partial charge >= 0.3 is 6.09 Å². The number of carbonyl (C=O) groups is 2. The molecule has 1 atom stereocenters. The number of aromatic nitrogens is 1. The van der Waals surface area contributed by atoms with E-state index < -0.39 is 11.7 Å². The second-order valence-electron chi connectivity index (χ2n) is 8.75. The highest BCUT2D eigenvalue weighted by Gasteiger charge is 2.26. The second-order valence-corrected chi connectivity index (χ2v) is 8.75. The Morgan fingerprint density at radius 3 is 2.75 bits per heavy atom. The lowest BCUT2D eigenvalue weighted by molar-refractivity contribution is 0.0474. The summed E-state index contributed by atoms with van der Waals surface area (Å²) >= 11 is 0. The molecule has 3 rings (SSSR count). The number of alkyl carbamates (subject to hydrolysis) is 1. The molecule has 0 spiro atoms. The van der Waals surface area contributed by atoms with E-state index in [0.29, 0.717) is 36.9 Å². The number of fused-ring (bicyclic) bond motifs is 1. The summed E-state index contributed by atoms with van der Waals surface area (Å²) in [7, 11) is 1.57. The molecule has 0 aliphatic carbocycles. The van der Waals surface area contributed by atoms with Crippen LogP contribution in [0.4, 0.5) is 22.1 Å². The normalized spacial score (nSPS) is 13.7. The molecule has 1 aromatic carbocycles. The van der Waals surface area contributed by atoms with Crippen LogP contribution in [0.5, 0.6) is 0 Å². The van der Waals surface area contributed by atoms with Crippen molar-refractivity contribution in [3.8, 4) is 0 Å². The average molecular weight is 442 g/mol. The molecule has 2 amide bonds. The summed E-state index contributed by atoms with van der Waals surface area (Å²) in [6.07, 6.45) is -0.514. The molecule has 9 heteroatoms. The zero-order chi connectivity index (χ0) is 23.3. The molecule has 2 aromatic rings. The zero-order valence-corrected chi connectivity index (χ0v) is 19.2. The predicted octanol–water partition coefficient (Wildman–Crippen LogP) is 3.33. The molecule has 0 radical (unpaired) electrons. The molecular formula is C23H31N5O4. The lowest BCUT2D eigenvalue weighted by Gasteiger charge is -2.24. The van der Waals surface area contributed by atoms with E-state index in [2.05, 4.69) is 26.3 Å². The van der Waals surface area contributed by atoms with Crippen molar-refractivity contribution < 1.29 is 19.1 Å². The van der Waals surface area contributed by atoms with Crippen LogP contribution in [-0.2, 0) is 16.0 Å². The van der Waals surface area contributed by atoms with Gasteiger partial charge in [-0.2, -0.15) is 0 Å². The van der Waals surface area contributed by atoms with Gasteiger partial charge in [-0.25, -0.2) is 9.78 Å². The van der Waals surface area contributed by atoms with E-state index in [9.17, 15) is 9.59 Å². The predicted molar refractivity (Wildman–Crippen MR) is 123 cm³/mol. The van der Waals surface area contributed by atoms with Crippen molar-refractivity contribution in [2.45, 2.75) is 45.9 Å². The van der Waals surface area contributed by atoms with Gasteiger partial charge in [-0.1, -0.05) is 12.1 Å². The topological polar surface area (TPSA) is 114 Å². The highest BCUT2D eigenvalue weighted by molar-refractivity contribution is 6.03. The number of nitrogens with one attached hydrogen (secondary N) is 4. The molecule has 0 saturated heterocycles. The minimum atomic E-state index is -0.591. The molecule has 0 saturated carbocycles. The van der Waals surface area contributed by atoms with Gasteiger partial charge in [-0.3, -0.25) is 4.79 Å². The summed E-state index contributed by atoms with van der Waals surface area (Å²) < 4.78 is 10.6. The Kier molecular flexibility index (Phi) is 7.19. The van der Waals surface area contributed by atoms with Gasteiger partial charge in [0.2, 0.25) is 0 Å². The minimum absolute atomic E-state index is 0.155. The Morgan fingerprint density at radius 2 is 2.06 bits per heavy atom. The minimum Gasteiger partial charge on any atom is -0.444 e. The van der Waals surface area contributed by atoms with Crippen molar-refractivity contribution in [1.29, 1.82) is 0 Å². The Balaban J connectivity index is 1.75. The Bertz CT molecular complexity index is 987. The van der Waals surface area contributed by atoms with Crippen LogP contribution in [0, 0.1) is 6.92 Å². The highest BCUT2D eigenvalue weighted by Crippen LogP contribution is 2.28. The smallest absolute Gasteiger partial charge is 0.408 e. The molecule has 1 aliphatic heterocycles. The van der Waals surface area contributed by atoms with Crippen LogP contribution in [-0.4, -0.2) is 48.9 Å². The number of ether oxygens (including phenoxy) is 2. The van der Waals surface area contributed by atoms with Crippen molar-refractivity contribution in [2.75, 3.05) is 30.9 Å². The molecule has 1 unspecified atom stereocenters. The van der Waals surface area contributed by atoms with Crippen molar-refractivity contribution in [2.24, 2.45) is 0 Å². The van der Waals surface area contributed by atoms with Crippen molar-refractivity contribution in [3.63, 3.8) is 0 Å². The first kappa shape index (κ1) is 23.3. The van der Waals surface area contributed by atoms with Gasteiger partial charge < -0.3 is 30.7 Å². The third-order valence-electron chi connectivity index (χ3n) is 4.67. The van der Waals surface area contributed by atoms with E-state index >= 15 is 0 Å². The SMILES string of the molecule is COCC(CNc1cc2c(c(Nc3cccc(C)c3)n1)C(=O)NC2)NC(=O)OC(C)(C)C. The van der Waals surface area contributed by atoms with Gasteiger partial charge in [0, 0.05) is 25.9 Å². The fourth-order valence-corrected chi connectivity index (χ4v) is 3.35. The molecule has 0 bridgehead atoms. The van der Waals surface area contributed by atoms with Crippen LogP contribution < -0.4 is 21.3 Å². The van der Waals surface area contributed by atoms with E-state index in [1.165, 1.54) is 0 Å². The van der Waals surface area contributed by atoms with E-state index in [1.807, 2.05) is 58.0 Å². The quantitative estimate of drug-likeness (QED) is 0.497. The van der Waals surface area contributed by atoms with Gasteiger partial charge in [0.05, 0.1) is 18.2 Å². The number of carbonyl (C=O) groups excluding carboxylic acids is 2. The van der Waals surface area contributed by atoms with Gasteiger partial charge in [0.25, 0.3) is 5.91 Å². The van der Waals surface area contributed by atoms with Crippen LogP contribution in [0.15, 0.2) is 30.3 Å². The monoisotopic (exact) mass is 441 g/mol. The molecule has 0 fully saturated rings. The van der Waals surface area contributed by atoms with E-state index in [4.69, 9.17) is 9.47 Å². The molecule has 32 heavy (non-hydrogen) atoms. The summed E-state index contributed by atoms with van der Waals surface area (Å²) in [6.45, 7) is 8.52. The maximum Gasteiger partial charge on any atom is 0.408 e. The average Bonchev–Trinajstić information content (AvgIpc) is 3.06. The van der Waals surface area contributed by atoms with Crippen LogP contribution in [0.2, 0.25) is 0 Å². The van der Waals surface area contributed by atoms with Crippen LogP contribution in [0.25, 0.3) is 0 Å². The third-order valence-corrected chi connectivity index (χ3v) is 4.67. The molecule has 4 N–H and O–H groups in total. The Hall–Kier alpha value is -3.33. The lowest BCUT2D eigenvalue weighted by Crippen LogP contribution is -2.45. The first-order valence-electron chi connectivity index (χ1n) is 10.5. The van der Waals surface area contributed by atoms with Crippen LogP contribution in [0.3, 0.4) is 0 Å². The van der Waals surface area contributed by atoms with Gasteiger partial charge in [0.15, 0.2) is 0 Å². The maximum absolute atomic E-state index is 12.4. The number of nitrogens with zero attached hydrogens (tertiary/aromatic N) is 1. The standard InChI is InChI=1S/C23H31N5O4/c1-14-7-6-8-16(9-14)26-20-19-15(11-25-21(19)29)10-18(28-20)24-12-17(13-31-5)27-22(30)32-23(2,3)4/h6-10,17H,11-13H2,1-5H3,(H,25,29)(H,27,30)(H2,24,26,28). The summed E-state index contributed by atoms with van der Waals surface area (Å²) in [4.78, 5) is 29.1. The first-order chi connectivity index (χ1) is 15.1. The lowest BCUT2D eigenvalue weighted by atomic mass is 10.1. The molecule has 1 aromatic heterocycles. The number of methoxy groups -OCH3 is 1. The van der Waals surface area contributed by atoms with E-state index in [1.54, 1.807) is 7.11 Å². The fraction of sp³-hybridized carbons (Fsp3) is 0.435. The zero-order valence-electron chi connectivity index (χ0n) is 19.2. The van der Waals surface area contributed by atoms with Crippen molar-refractivity contribution >= 4 is 29.3 Å². The first-order valence-corrected chi connectivity index (χ1v) is 10.5. The molecule has 1 aliphatic rings. The van der Waals surface area contributed by atoms with Crippen molar-refractivity contribution in [1.82, 2.24) is 15.6 Å². The van der Waals surface area contributed by atoms with Gasteiger partial charge in [0.1, 0.15) is 17.2 Å². The number of aryl methyl sites for hydroxylation is 1. The number of benzene rings is 1. The summed E-state index contributed by atoms with van der Waals surface area (Å²) in [6, 6.07) is 9.36. The van der Waals surface area contributed by atoms with Crippen molar-refractivity contribution in [3.05, 3.63) is 47.0 Å². The Labute approximate surface area is 188 Å². The van der Waals surface area contributed by atoms with Crippen LogP contribution in [0.1, 0.15) is 42.3 Å². The highest BCUT2D eigenvalue weighted by atomic mass is 16.6. The molecular weight excluding hydrogens is 410 g/mol.